The van der Waals surface area contributed by atoms with Gasteiger partial charge in [-0.3, -0.25) is 19.1 Å². The number of nitrogens with zero attached hydrogens (tertiary/aromatic N) is 6. The van der Waals surface area contributed by atoms with Crippen LogP contribution in [0.3, 0.4) is 0 Å². The normalized spacial score (nSPS) is 12.1. The first-order valence-corrected chi connectivity index (χ1v) is 14.3. The molecule has 10 rings (SSSR count). The van der Waals surface area contributed by atoms with E-state index in [9.17, 15) is 0 Å². The van der Waals surface area contributed by atoms with Gasteiger partial charge in [-0.15, -0.1) is 0 Å². The fourth-order valence-electron chi connectivity index (χ4n) is 6.33. The number of pyridine rings is 2. The summed E-state index contributed by atoms with van der Waals surface area (Å²) >= 11 is 0. The fourth-order valence-corrected chi connectivity index (χ4v) is 6.33. The van der Waals surface area contributed by atoms with Crippen LogP contribution < -0.4 is 0 Å². The van der Waals surface area contributed by atoms with Gasteiger partial charge in [0.2, 0.25) is 0 Å². The molecule has 0 atom stereocenters. The smallest absolute Gasteiger partial charge is 0.177 e. The lowest BCUT2D eigenvalue weighted by molar-refractivity contribution is 0.664. The van der Waals surface area contributed by atoms with Crippen LogP contribution in [0.5, 0.6) is 0 Å². The van der Waals surface area contributed by atoms with E-state index in [0.717, 1.165) is 88.7 Å². The van der Waals surface area contributed by atoms with E-state index in [0.29, 0.717) is 0 Å². The first-order chi connectivity index (χ1) is 21.8. The second-order valence-corrected chi connectivity index (χ2v) is 10.8. The van der Waals surface area contributed by atoms with Gasteiger partial charge in [-0.2, -0.15) is 0 Å². The monoisotopic (exact) mass is 568 g/mol. The Morgan fingerprint density at radius 2 is 0.955 bits per heavy atom. The molecule has 0 spiro atoms. The van der Waals surface area contributed by atoms with E-state index < -0.39 is 0 Å². The number of rotatable bonds is 3. The maximum Gasteiger partial charge on any atom is 0.177 e. The van der Waals surface area contributed by atoms with Gasteiger partial charge in [0.15, 0.2) is 11.2 Å². The zero-order chi connectivity index (χ0) is 28.8. The van der Waals surface area contributed by atoms with Gasteiger partial charge in [-0.1, -0.05) is 36.4 Å². The number of furan rings is 2. The summed E-state index contributed by atoms with van der Waals surface area (Å²) in [4.78, 5) is 18.6. The molecule has 0 aliphatic carbocycles. The number of fused-ring (bicyclic) bond motifs is 8. The quantitative estimate of drug-likeness (QED) is 0.212. The molecule has 6 heterocycles. The number of imidazole rings is 2. The minimum atomic E-state index is 0.725. The second-order valence-electron chi connectivity index (χ2n) is 10.8. The molecule has 0 bridgehead atoms. The third kappa shape index (κ3) is 3.22. The predicted molar refractivity (Wildman–Crippen MR) is 171 cm³/mol. The summed E-state index contributed by atoms with van der Waals surface area (Å²) in [6.45, 7) is 0. The molecule has 0 fully saturated rings. The minimum Gasteiger partial charge on any atom is -0.452 e. The van der Waals surface area contributed by atoms with Crippen LogP contribution in [-0.2, 0) is 0 Å². The van der Waals surface area contributed by atoms with Crippen molar-refractivity contribution in [2.75, 3.05) is 0 Å². The highest BCUT2D eigenvalue weighted by Gasteiger charge is 2.18. The Bertz CT molecular complexity index is 2560. The summed E-state index contributed by atoms with van der Waals surface area (Å²) in [5.41, 5.74) is 12.4. The van der Waals surface area contributed by atoms with Gasteiger partial charge < -0.3 is 8.83 Å². The van der Waals surface area contributed by atoms with Crippen molar-refractivity contribution < 1.29 is 8.83 Å². The Morgan fingerprint density at radius 1 is 0.477 bits per heavy atom. The van der Waals surface area contributed by atoms with Gasteiger partial charge in [-0.05, 0) is 71.8 Å². The highest BCUT2D eigenvalue weighted by molar-refractivity contribution is 6.09. The Kier molecular flexibility index (Phi) is 4.57. The molecule has 0 unspecified atom stereocenters. The van der Waals surface area contributed by atoms with Crippen molar-refractivity contribution in [1.82, 2.24) is 29.1 Å². The number of hydrogen-bond donors (Lipinski definition) is 0. The van der Waals surface area contributed by atoms with E-state index in [4.69, 9.17) is 18.8 Å². The topological polar surface area (TPSA) is 87.7 Å². The lowest BCUT2D eigenvalue weighted by Crippen LogP contribution is -1.93. The minimum absolute atomic E-state index is 0.725. The second kappa shape index (κ2) is 8.62. The average Bonchev–Trinajstić information content (AvgIpc) is 3.86. The van der Waals surface area contributed by atoms with Gasteiger partial charge >= 0.3 is 0 Å². The molecule has 0 amide bonds. The molecule has 0 saturated carbocycles. The van der Waals surface area contributed by atoms with Crippen LogP contribution in [0.1, 0.15) is 0 Å². The van der Waals surface area contributed by atoms with E-state index in [1.54, 1.807) is 0 Å². The Morgan fingerprint density at radius 3 is 1.45 bits per heavy atom. The maximum absolute atomic E-state index is 6.40. The lowest BCUT2D eigenvalue weighted by Gasteiger charge is -2.04. The Balaban J connectivity index is 1.12. The molecule has 0 N–H and O–H groups in total. The Labute approximate surface area is 248 Å². The number of aromatic nitrogens is 6. The van der Waals surface area contributed by atoms with Gasteiger partial charge in [-0.25, -0.2) is 9.97 Å². The van der Waals surface area contributed by atoms with Crippen molar-refractivity contribution >= 4 is 66.2 Å². The van der Waals surface area contributed by atoms with E-state index in [1.165, 1.54) is 0 Å². The van der Waals surface area contributed by atoms with E-state index in [1.807, 2.05) is 85.7 Å². The zero-order valence-electron chi connectivity index (χ0n) is 23.0. The first kappa shape index (κ1) is 23.3. The van der Waals surface area contributed by atoms with Crippen molar-refractivity contribution in [2.24, 2.45) is 0 Å². The van der Waals surface area contributed by atoms with E-state index >= 15 is 0 Å². The summed E-state index contributed by atoms with van der Waals surface area (Å²) < 4.78 is 16.9. The van der Waals surface area contributed by atoms with Crippen LogP contribution >= 0.6 is 0 Å². The summed E-state index contributed by atoms with van der Waals surface area (Å²) in [6, 6.07) is 32.5. The molecule has 8 heteroatoms. The van der Waals surface area contributed by atoms with E-state index in [-0.39, 0.29) is 0 Å². The van der Waals surface area contributed by atoms with Crippen LogP contribution in [-0.4, -0.2) is 29.1 Å². The van der Waals surface area contributed by atoms with Crippen LogP contribution in [0.15, 0.2) is 131 Å². The molecule has 4 aromatic carbocycles. The number of para-hydroxylation sites is 4. The third-order valence-corrected chi connectivity index (χ3v) is 8.42. The summed E-state index contributed by atoms with van der Waals surface area (Å²) in [7, 11) is 0. The summed E-state index contributed by atoms with van der Waals surface area (Å²) in [5, 5.41) is 1.90. The molecule has 8 nitrogen and oxygen atoms in total. The largest absolute Gasteiger partial charge is 0.452 e. The summed E-state index contributed by atoms with van der Waals surface area (Å²) in [6.07, 6.45) is 7.31. The lowest BCUT2D eigenvalue weighted by atomic mass is 10.0. The van der Waals surface area contributed by atoms with Crippen LogP contribution in [0.25, 0.3) is 88.7 Å². The molecule has 44 heavy (non-hydrogen) atoms. The molecule has 0 saturated heterocycles. The zero-order valence-corrected chi connectivity index (χ0v) is 23.0. The molecule has 206 valence electrons. The van der Waals surface area contributed by atoms with E-state index in [2.05, 4.69) is 55.5 Å². The highest BCUT2D eigenvalue weighted by atomic mass is 16.3. The standard InChI is InChI=1S/C36H20N6O2/c1-3-7-27-25(5-1)39-19-41(27)29-13-15-37-33-23-17-21(9-11-31(23)43-35(29)33)22-10-12-32-24(18-22)34-36(44-32)30(14-16-38-34)42-20-40-26-6-2-4-8-28(26)42/h1-20H. The SMILES string of the molecule is c1ccc2c(c1)ncn2-c1ccnc2c1oc1ccc(-c3ccc4oc5c(-n6cnc7ccccc76)ccnc5c4c3)cc12. The molecule has 0 radical (unpaired) electrons. The summed E-state index contributed by atoms with van der Waals surface area (Å²) in [5.74, 6) is 0. The predicted octanol–water partition coefficient (Wildman–Crippen LogP) is 8.62. The third-order valence-electron chi connectivity index (χ3n) is 8.42. The van der Waals surface area contributed by atoms with Crippen molar-refractivity contribution in [3.05, 3.63) is 122 Å². The fraction of sp³-hybridized carbons (Fsp3) is 0. The van der Waals surface area contributed by atoms with Crippen molar-refractivity contribution in [2.45, 2.75) is 0 Å². The molecular formula is C36H20N6O2. The van der Waals surface area contributed by atoms with Crippen molar-refractivity contribution in [3.8, 4) is 22.5 Å². The van der Waals surface area contributed by atoms with Gasteiger partial charge in [0.25, 0.3) is 0 Å². The van der Waals surface area contributed by atoms with Crippen LogP contribution in [0.2, 0.25) is 0 Å². The van der Waals surface area contributed by atoms with Crippen molar-refractivity contribution in [1.29, 1.82) is 0 Å². The number of benzene rings is 4. The van der Waals surface area contributed by atoms with Gasteiger partial charge in [0, 0.05) is 23.2 Å². The molecule has 6 aromatic heterocycles. The van der Waals surface area contributed by atoms with Crippen molar-refractivity contribution in [3.63, 3.8) is 0 Å². The van der Waals surface area contributed by atoms with Crippen LogP contribution in [0.4, 0.5) is 0 Å². The molecule has 10 aromatic rings. The first-order valence-electron chi connectivity index (χ1n) is 14.3. The molecular weight excluding hydrogens is 548 g/mol. The highest BCUT2D eigenvalue weighted by Crippen LogP contribution is 2.38. The molecule has 0 aliphatic rings. The Hall–Kier alpha value is -6.28. The van der Waals surface area contributed by atoms with Gasteiger partial charge in [0.1, 0.15) is 34.9 Å². The van der Waals surface area contributed by atoms with Crippen LogP contribution in [0, 0.1) is 0 Å². The molecule has 0 aliphatic heterocycles. The maximum atomic E-state index is 6.40. The number of hydrogen-bond acceptors (Lipinski definition) is 6. The van der Waals surface area contributed by atoms with Gasteiger partial charge in [0.05, 0.1) is 33.4 Å². The average molecular weight is 569 g/mol.